The summed E-state index contributed by atoms with van der Waals surface area (Å²) in [6.07, 6.45) is 2.02. The van der Waals surface area contributed by atoms with E-state index >= 15 is 0 Å². The molecule has 7 heteroatoms. The fourth-order valence-corrected chi connectivity index (χ4v) is 2.75. The highest BCUT2D eigenvalue weighted by atomic mass is 35.5. The third kappa shape index (κ3) is 3.92. The summed E-state index contributed by atoms with van der Waals surface area (Å²) in [4.78, 5) is 24.5. The lowest BCUT2D eigenvalue weighted by Gasteiger charge is -2.27. The maximum atomic E-state index is 12.4. The third-order valence-corrected chi connectivity index (χ3v) is 3.96. The van der Waals surface area contributed by atoms with Crippen molar-refractivity contribution in [3.05, 3.63) is 38.9 Å². The summed E-state index contributed by atoms with van der Waals surface area (Å²) in [6, 6.07) is 4.05. The van der Waals surface area contributed by atoms with E-state index < -0.39 is 4.92 Å². The van der Waals surface area contributed by atoms with Gasteiger partial charge in [0, 0.05) is 24.7 Å². The number of nitrogens with zero attached hydrogens (tertiary/aromatic N) is 2. The Bertz CT molecular complexity index is 544. The number of benzene rings is 1. The van der Waals surface area contributed by atoms with E-state index in [1.807, 2.05) is 0 Å². The second kappa shape index (κ2) is 6.87. The van der Waals surface area contributed by atoms with Gasteiger partial charge in [-0.1, -0.05) is 11.6 Å². The van der Waals surface area contributed by atoms with Crippen LogP contribution in [-0.4, -0.2) is 42.4 Å². The van der Waals surface area contributed by atoms with Gasteiger partial charge >= 0.3 is 0 Å². The highest BCUT2D eigenvalue weighted by Crippen LogP contribution is 2.24. The molecule has 0 spiro atoms. The first kappa shape index (κ1) is 15.7. The minimum Gasteiger partial charge on any atom is -0.341 e. The lowest BCUT2D eigenvalue weighted by atomic mass is 9.97. The number of rotatable bonds is 4. The minimum absolute atomic E-state index is 0.0453. The van der Waals surface area contributed by atoms with Gasteiger partial charge in [0.2, 0.25) is 0 Å². The molecule has 1 aliphatic rings. The molecule has 1 N–H and O–H groups in total. The van der Waals surface area contributed by atoms with Gasteiger partial charge in [0.25, 0.3) is 11.6 Å². The average Bonchev–Trinajstić information content (AvgIpc) is 2.47. The van der Waals surface area contributed by atoms with Crippen molar-refractivity contribution in [1.29, 1.82) is 0 Å². The summed E-state index contributed by atoms with van der Waals surface area (Å²) in [6.45, 7) is 2.50. The number of piperidine rings is 1. The molecule has 1 heterocycles. The Balaban J connectivity index is 2.14. The maximum Gasteiger partial charge on any atom is 0.282 e. The van der Waals surface area contributed by atoms with Gasteiger partial charge in [-0.2, -0.15) is 0 Å². The third-order valence-electron chi connectivity index (χ3n) is 3.72. The standard InChI is InChI=1S/C14H18ClN3O3/c1-17(9-10-4-6-16-7-5-10)14(19)12-8-11(15)2-3-13(12)18(20)21/h2-3,8,10,16H,4-7,9H2,1H3. The Morgan fingerprint density at radius 2 is 2.14 bits per heavy atom. The summed E-state index contributed by atoms with van der Waals surface area (Å²) < 4.78 is 0. The molecule has 1 fully saturated rings. The monoisotopic (exact) mass is 311 g/mol. The summed E-state index contributed by atoms with van der Waals surface area (Å²) in [5.41, 5.74) is -0.162. The Hall–Kier alpha value is -1.66. The Kier molecular flexibility index (Phi) is 5.14. The Morgan fingerprint density at radius 3 is 2.76 bits per heavy atom. The summed E-state index contributed by atoms with van der Waals surface area (Å²) in [5.74, 6) is 0.0705. The number of hydrogen-bond acceptors (Lipinski definition) is 4. The summed E-state index contributed by atoms with van der Waals surface area (Å²) in [5, 5.41) is 14.6. The number of nitrogens with one attached hydrogen (secondary N) is 1. The van der Waals surface area contributed by atoms with Crippen molar-refractivity contribution in [3.8, 4) is 0 Å². The molecule has 1 aliphatic heterocycles. The van der Waals surface area contributed by atoms with Crippen molar-refractivity contribution in [3.63, 3.8) is 0 Å². The quantitative estimate of drug-likeness (QED) is 0.684. The topological polar surface area (TPSA) is 75.5 Å². The molecular formula is C14H18ClN3O3. The number of carbonyl (C=O) groups excluding carboxylic acids is 1. The number of hydrogen-bond donors (Lipinski definition) is 1. The van der Waals surface area contributed by atoms with E-state index in [1.165, 1.54) is 18.2 Å². The van der Waals surface area contributed by atoms with Gasteiger partial charge in [-0.05, 0) is 44.0 Å². The Morgan fingerprint density at radius 1 is 1.48 bits per heavy atom. The van der Waals surface area contributed by atoms with Crippen molar-refractivity contribution in [1.82, 2.24) is 10.2 Å². The normalized spacial score (nSPS) is 15.7. The molecule has 0 atom stereocenters. The molecule has 1 aromatic carbocycles. The van der Waals surface area contributed by atoms with Crippen LogP contribution in [0.1, 0.15) is 23.2 Å². The summed E-state index contributed by atoms with van der Waals surface area (Å²) >= 11 is 5.86. The van der Waals surface area contributed by atoms with E-state index in [2.05, 4.69) is 5.32 Å². The highest BCUT2D eigenvalue weighted by Gasteiger charge is 2.25. The SMILES string of the molecule is CN(CC1CCNCC1)C(=O)c1cc(Cl)ccc1[N+](=O)[O-]. The van der Waals surface area contributed by atoms with Crippen LogP contribution in [0.5, 0.6) is 0 Å². The molecule has 0 unspecified atom stereocenters. The fourth-order valence-electron chi connectivity index (χ4n) is 2.58. The minimum atomic E-state index is -0.554. The zero-order chi connectivity index (χ0) is 15.4. The summed E-state index contributed by atoms with van der Waals surface area (Å²) in [7, 11) is 1.68. The zero-order valence-corrected chi connectivity index (χ0v) is 12.6. The van der Waals surface area contributed by atoms with E-state index in [9.17, 15) is 14.9 Å². The molecule has 1 amide bonds. The molecule has 0 saturated carbocycles. The van der Waals surface area contributed by atoms with E-state index in [1.54, 1.807) is 11.9 Å². The van der Waals surface area contributed by atoms with Crippen molar-refractivity contribution in [2.45, 2.75) is 12.8 Å². The molecular weight excluding hydrogens is 294 g/mol. The van der Waals surface area contributed by atoms with Crippen LogP contribution in [0.25, 0.3) is 0 Å². The van der Waals surface area contributed by atoms with Crippen LogP contribution < -0.4 is 5.32 Å². The molecule has 6 nitrogen and oxygen atoms in total. The first-order valence-corrected chi connectivity index (χ1v) is 7.27. The predicted octanol–water partition coefficient (Wildman–Crippen LogP) is 2.32. The van der Waals surface area contributed by atoms with E-state index in [0.717, 1.165) is 25.9 Å². The van der Waals surface area contributed by atoms with Gasteiger partial charge in [0.05, 0.1) is 4.92 Å². The van der Waals surface area contributed by atoms with Crippen LogP contribution >= 0.6 is 11.6 Å². The second-order valence-corrected chi connectivity index (χ2v) is 5.73. The Labute approximate surface area is 128 Å². The molecule has 2 rings (SSSR count). The molecule has 114 valence electrons. The number of carbonyl (C=O) groups is 1. The molecule has 1 aromatic rings. The number of amides is 1. The highest BCUT2D eigenvalue weighted by molar-refractivity contribution is 6.31. The van der Waals surface area contributed by atoms with E-state index in [4.69, 9.17) is 11.6 Å². The first-order valence-electron chi connectivity index (χ1n) is 6.89. The van der Waals surface area contributed by atoms with Gasteiger partial charge < -0.3 is 10.2 Å². The number of nitro groups is 1. The molecule has 0 radical (unpaired) electrons. The molecule has 21 heavy (non-hydrogen) atoms. The fraction of sp³-hybridized carbons (Fsp3) is 0.500. The van der Waals surface area contributed by atoms with Gasteiger partial charge in [0.1, 0.15) is 5.56 Å². The van der Waals surface area contributed by atoms with Crippen LogP contribution in [0.2, 0.25) is 5.02 Å². The van der Waals surface area contributed by atoms with Gasteiger partial charge in [-0.3, -0.25) is 14.9 Å². The van der Waals surface area contributed by atoms with Crippen molar-refractivity contribution in [2.75, 3.05) is 26.7 Å². The van der Waals surface area contributed by atoms with Crippen molar-refractivity contribution in [2.24, 2.45) is 5.92 Å². The van der Waals surface area contributed by atoms with E-state index in [0.29, 0.717) is 17.5 Å². The lowest BCUT2D eigenvalue weighted by molar-refractivity contribution is -0.385. The molecule has 0 aliphatic carbocycles. The van der Waals surface area contributed by atoms with Crippen LogP contribution in [0.4, 0.5) is 5.69 Å². The van der Waals surface area contributed by atoms with Crippen LogP contribution in [0.3, 0.4) is 0 Å². The largest absolute Gasteiger partial charge is 0.341 e. The molecule has 0 aromatic heterocycles. The van der Waals surface area contributed by atoms with Crippen LogP contribution in [-0.2, 0) is 0 Å². The predicted molar refractivity (Wildman–Crippen MR) is 80.7 cm³/mol. The van der Waals surface area contributed by atoms with E-state index in [-0.39, 0.29) is 17.2 Å². The number of halogens is 1. The lowest BCUT2D eigenvalue weighted by Crippen LogP contribution is -2.37. The average molecular weight is 312 g/mol. The first-order chi connectivity index (χ1) is 9.99. The van der Waals surface area contributed by atoms with Crippen molar-refractivity contribution >= 4 is 23.2 Å². The van der Waals surface area contributed by atoms with Gasteiger partial charge in [0.15, 0.2) is 0 Å². The zero-order valence-electron chi connectivity index (χ0n) is 11.8. The van der Waals surface area contributed by atoms with Crippen LogP contribution in [0, 0.1) is 16.0 Å². The number of nitro benzene ring substituents is 1. The smallest absolute Gasteiger partial charge is 0.282 e. The van der Waals surface area contributed by atoms with Gasteiger partial charge in [-0.15, -0.1) is 0 Å². The molecule has 1 saturated heterocycles. The van der Waals surface area contributed by atoms with Crippen molar-refractivity contribution < 1.29 is 9.72 Å². The second-order valence-electron chi connectivity index (χ2n) is 5.30. The maximum absolute atomic E-state index is 12.4. The van der Waals surface area contributed by atoms with Crippen LogP contribution in [0.15, 0.2) is 18.2 Å². The van der Waals surface area contributed by atoms with Gasteiger partial charge in [-0.25, -0.2) is 0 Å². The molecule has 0 bridgehead atoms.